The van der Waals surface area contributed by atoms with Gasteiger partial charge in [0.2, 0.25) is 5.88 Å². The lowest BCUT2D eigenvalue weighted by Crippen LogP contribution is -2.24. The van der Waals surface area contributed by atoms with Crippen molar-refractivity contribution in [3.63, 3.8) is 0 Å². The van der Waals surface area contributed by atoms with Gasteiger partial charge in [0, 0.05) is 31.3 Å². The minimum atomic E-state index is 0.215. The fourth-order valence-electron chi connectivity index (χ4n) is 2.49. The van der Waals surface area contributed by atoms with E-state index in [1.54, 1.807) is 0 Å². The Morgan fingerprint density at radius 2 is 2.27 bits per heavy atom. The van der Waals surface area contributed by atoms with E-state index in [2.05, 4.69) is 33.1 Å². The van der Waals surface area contributed by atoms with Crippen LogP contribution in [0.5, 0.6) is 5.88 Å². The van der Waals surface area contributed by atoms with E-state index in [4.69, 9.17) is 4.74 Å². The van der Waals surface area contributed by atoms with E-state index in [9.17, 15) is 0 Å². The molecule has 5 nitrogen and oxygen atoms in total. The monoisotopic (exact) mass is 318 g/mol. The third-order valence-corrected chi connectivity index (χ3v) is 4.47. The Labute approximate surface area is 135 Å². The molecule has 118 valence electrons. The standard InChI is InChI=1S/C16H22N4OS/c1-11(2)16-18-15(22-19-16)10-20-7-6-13(9-20)21-14-5-4-12(3)8-17-14/h4-5,8,11,13H,6-7,9-10H2,1-3H3. The van der Waals surface area contributed by atoms with Crippen molar-refractivity contribution >= 4 is 11.5 Å². The second-order valence-corrected chi connectivity index (χ2v) is 6.97. The maximum absolute atomic E-state index is 5.96. The fraction of sp³-hybridized carbons (Fsp3) is 0.562. The molecule has 22 heavy (non-hydrogen) atoms. The molecular weight excluding hydrogens is 296 g/mol. The number of hydrogen-bond acceptors (Lipinski definition) is 6. The van der Waals surface area contributed by atoms with Crippen LogP contribution in [-0.2, 0) is 6.54 Å². The molecule has 1 aliphatic heterocycles. The average Bonchev–Trinajstić information content (AvgIpc) is 3.12. The molecule has 6 heteroatoms. The molecule has 1 aliphatic rings. The van der Waals surface area contributed by atoms with Crippen molar-refractivity contribution < 1.29 is 4.74 Å². The first kappa shape index (κ1) is 15.4. The number of nitrogens with zero attached hydrogens (tertiary/aromatic N) is 4. The quantitative estimate of drug-likeness (QED) is 0.848. The van der Waals surface area contributed by atoms with Gasteiger partial charge in [-0.2, -0.15) is 4.37 Å². The molecule has 3 heterocycles. The van der Waals surface area contributed by atoms with Gasteiger partial charge < -0.3 is 4.74 Å². The molecule has 1 saturated heterocycles. The number of ether oxygens (including phenoxy) is 1. The van der Waals surface area contributed by atoms with Gasteiger partial charge in [-0.15, -0.1) is 0 Å². The molecule has 1 unspecified atom stereocenters. The summed E-state index contributed by atoms with van der Waals surface area (Å²) >= 11 is 1.52. The Balaban J connectivity index is 1.52. The smallest absolute Gasteiger partial charge is 0.213 e. The van der Waals surface area contributed by atoms with E-state index in [0.717, 1.165) is 48.3 Å². The van der Waals surface area contributed by atoms with Gasteiger partial charge in [-0.1, -0.05) is 19.9 Å². The highest BCUT2D eigenvalue weighted by molar-refractivity contribution is 7.05. The van der Waals surface area contributed by atoms with Crippen molar-refractivity contribution in [3.8, 4) is 5.88 Å². The van der Waals surface area contributed by atoms with Gasteiger partial charge in [-0.05, 0) is 30.4 Å². The number of hydrogen-bond donors (Lipinski definition) is 0. The van der Waals surface area contributed by atoms with Crippen molar-refractivity contribution in [1.82, 2.24) is 19.2 Å². The zero-order chi connectivity index (χ0) is 15.5. The normalized spacial score (nSPS) is 19.0. The second kappa shape index (κ2) is 6.71. The Hall–Kier alpha value is -1.53. The van der Waals surface area contributed by atoms with Crippen LogP contribution in [0.15, 0.2) is 18.3 Å². The van der Waals surface area contributed by atoms with Gasteiger partial charge in [0.1, 0.15) is 16.9 Å². The predicted molar refractivity (Wildman–Crippen MR) is 87.3 cm³/mol. The molecule has 0 radical (unpaired) electrons. The summed E-state index contributed by atoms with van der Waals surface area (Å²) in [5.41, 5.74) is 1.15. The van der Waals surface area contributed by atoms with Crippen LogP contribution in [0, 0.1) is 6.92 Å². The maximum Gasteiger partial charge on any atom is 0.213 e. The van der Waals surface area contributed by atoms with Gasteiger partial charge in [-0.3, -0.25) is 4.90 Å². The third-order valence-electron chi connectivity index (χ3n) is 3.76. The summed E-state index contributed by atoms with van der Waals surface area (Å²) < 4.78 is 10.4. The number of aromatic nitrogens is 3. The first-order chi connectivity index (χ1) is 10.6. The largest absolute Gasteiger partial charge is 0.473 e. The summed E-state index contributed by atoms with van der Waals surface area (Å²) in [6, 6.07) is 3.97. The molecule has 3 rings (SSSR count). The highest BCUT2D eigenvalue weighted by Gasteiger charge is 2.25. The summed E-state index contributed by atoms with van der Waals surface area (Å²) in [6.45, 7) is 9.10. The predicted octanol–water partition coefficient (Wildman–Crippen LogP) is 3.02. The molecule has 2 aromatic rings. The van der Waals surface area contributed by atoms with Crippen molar-refractivity contribution in [2.75, 3.05) is 13.1 Å². The van der Waals surface area contributed by atoms with Crippen molar-refractivity contribution in [3.05, 3.63) is 34.7 Å². The van der Waals surface area contributed by atoms with Crippen LogP contribution in [0.1, 0.15) is 42.6 Å². The molecule has 0 spiro atoms. The lowest BCUT2D eigenvalue weighted by atomic mass is 10.2. The van der Waals surface area contributed by atoms with Crippen molar-refractivity contribution in [2.45, 2.75) is 45.8 Å². The van der Waals surface area contributed by atoms with Crippen LogP contribution in [0.25, 0.3) is 0 Å². The lowest BCUT2D eigenvalue weighted by molar-refractivity contribution is 0.191. The first-order valence-corrected chi connectivity index (χ1v) is 8.51. The molecule has 0 amide bonds. The number of rotatable bonds is 5. The van der Waals surface area contributed by atoms with Crippen LogP contribution in [0.2, 0.25) is 0 Å². The summed E-state index contributed by atoms with van der Waals surface area (Å²) in [5.74, 6) is 2.07. The summed E-state index contributed by atoms with van der Waals surface area (Å²) in [6.07, 6.45) is 3.09. The van der Waals surface area contributed by atoms with Crippen molar-refractivity contribution in [1.29, 1.82) is 0 Å². The summed E-state index contributed by atoms with van der Waals surface area (Å²) in [5, 5.41) is 1.10. The van der Waals surface area contributed by atoms with Crippen LogP contribution in [-0.4, -0.2) is 38.4 Å². The van der Waals surface area contributed by atoms with E-state index in [0.29, 0.717) is 5.92 Å². The van der Waals surface area contributed by atoms with Crippen molar-refractivity contribution in [2.24, 2.45) is 0 Å². The van der Waals surface area contributed by atoms with E-state index in [1.165, 1.54) is 11.5 Å². The molecule has 0 aromatic carbocycles. The summed E-state index contributed by atoms with van der Waals surface area (Å²) in [4.78, 5) is 11.3. The zero-order valence-corrected chi connectivity index (χ0v) is 14.1. The Morgan fingerprint density at radius 1 is 1.41 bits per heavy atom. The Morgan fingerprint density at radius 3 is 2.95 bits per heavy atom. The molecule has 1 fully saturated rings. The molecule has 1 atom stereocenters. The Kier molecular flexibility index (Phi) is 4.69. The van der Waals surface area contributed by atoms with E-state index in [1.807, 2.05) is 25.3 Å². The minimum Gasteiger partial charge on any atom is -0.473 e. The van der Waals surface area contributed by atoms with E-state index in [-0.39, 0.29) is 6.10 Å². The highest BCUT2D eigenvalue weighted by Crippen LogP contribution is 2.20. The summed E-state index contributed by atoms with van der Waals surface area (Å²) in [7, 11) is 0. The molecular formula is C16H22N4OS. The van der Waals surface area contributed by atoms with Crippen LogP contribution in [0.4, 0.5) is 0 Å². The highest BCUT2D eigenvalue weighted by atomic mass is 32.1. The zero-order valence-electron chi connectivity index (χ0n) is 13.3. The Bertz CT molecular complexity index is 611. The third kappa shape index (κ3) is 3.81. The molecule has 2 aromatic heterocycles. The topological polar surface area (TPSA) is 51.1 Å². The number of likely N-dealkylation sites (tertiary alicyclic amines) is 1. The number of pyridine rings is 1. The average molecular weight is 318 g/mol. The van der Waals surface area contributed by atoms with E-state index >= 15 is 0 Å². The van der Waals surface area contributed by atoms with Gasteiger partial charge in [0.05, 0.1) is 6.54 Å². The van der Waals surface area contributed by atoms with Crippen LogP contribution < -0.4 is 4.74 Å². The second-order valence-electron chi connectivity index (χ2n) is 6.14. The van der Waals surface area contributed by atoms with E-state index < -0.39 is 0 Å². The number of aryl methyl sites for hydroxylation is 1. The SMILES string of the molecule is Cc1ccc(OC2CCN(Cc3nc(C(C)C)ns3)C2)nc1. The van der Waals surface area contributed by atoms with Gasteiger partial charge >= 0.3 is 0 Å². The lowest BCUT2D eigenvalue weighted by Gasteiger charge is -2.15. The van der Waals surface area contributed by atoms with Crippen LogP contribution >= 0.6 is 11.5 Å². The van der Waals surface area contributed by atoms with Gasteiger partial charge in [0.15, 0.2) is 0 Å². The fourth-order valence-corrected chi connectivity index (χ4v) is 3.31. The molecule has 0 saturated carbocycles. The molecule has 0 N–H and O–H groups in total. The first-order valence-electron chi connectivity index (χ1n) is 7.74. The maximum atomic E-state index is 5.96. The van der Waals surface area contributed by atoms with Gasteiger partial charge in [0.25, 0.3) is 0 Å². The molecule has 0 aliphatic carbocycles. The minimum absolute atomic E-state index is 0.215. The van der Waals surface area contributed by atoms with Crippen LogP contribution in [0.3, 0.4) is 0 Å². The van der Waals surface area contributed by atoms with Gasteiger partial charge in [-0.25, -0.2) is 9.97 Å². The molecule has 0 bridgehead atoms.